The van der Waals surface area contributed by atoms with Gasteiger partial charge in [0, 0.05) is 12.3 Å². The molecule has 1 aliphatic heterocycles. The van der Waals surface area contributed by atoms with Gasteiger partial charge in [-0.15, -0.1) is 0 Å². The number of aliphatic imine (C=N–C) groups is 1. The summed E-state index contributed by atoms with van der Waals surface area (Å²) in [4.78, 5) is 4.43. The Hall–Kier alpha value is -0.330. The van der Waals surface area contributed by atoms with Gasteiger partial charge in [0.25, 0.3) is 0 Å². The van der Waals surface area contributed by atoms with Gasteiger partial charge >= 0.3 is 0 Å². The summed E-state index contributed by atoms with van der Waals surface area (Å²) in [5, 5.41) is 0. The Balaban J connectivity index is 2.57. The Kier molecular flexibility index (Phi) is 1.89. The highest BCUT2D eigenvalue weighted by atomic mass is 14.8. The third-order valence-corrected chi connectivity index (χ3v) is 1.95. The standard InChI is InChI=1S/C8H15N/c1-6(2)8-7(3)4-5-9-8/h6-7H,4-5H2,1-3H3. The lowest BCUT2D eigenvalue weighted by molar-refractivity contribution is 0.713. The molecule has 0 saturated carbocycles. The maximum Gasteiger partial charge on any atom is 0.0395 e. The number of hydrogen-bond acceptors (Lipinski definition) is 1. The zero-order valence-corrected chi connectivity index (χ0v) is 6.52. The average Bonchev–Trinajstić information content (AvgIpc) is 2.13. The molecule has 0 spiro atoms. The SMILES string of the molecule is CC(C)C1=NCCC1C. The first-order chi connectivity index (χ1) is 4.22. The fraction of sp³-hybridized carbons (Fsp3) is 0.875. The van der Waals surface area contributed by atoms with Crippen molar-refractivity contribution < 1.29 is 0 Å². The molecule has 0 aromatic rings. The van der Waals surface area contributed by atoms with Gasteiger partial charge in [-0.05, 0) is 18.3 Å². The van der Waals surface area contributed by atoms with Crippen LogP contribution in [0.15, 0.2) is 4.99 Å². The molecule has 1 rings (SSSR count). The van der Waals surface area contributed by atoms with Crippen molar-refractivity contribution >= 4 is 5.71 Å². The van der Waals surface area contributed by atoms with Crippen molar-refractivity contribution in [3.05, 3.63) is 0 Å². The average molecular weight is 125 g/mol. The molecule has 0 bridgehead atoms. The van der Waals surface area contributed by atoms with Gasteiger partial charge in [-0.25, -0.2) is 0 Å². The Morgan fingerprint density at radius 3 is 2.44 bits per heavy atom. The number of rotatable bonds is 1. The van der Waals surface area contributed by atoms with Crippen LogP contribution < -0.4 is 0 Å². The molecule has 52 valence electrons. The smallest absolute Gasteiger partial charge is 0.0395 e. The first-order valence-electron chi connectivity index (χ1n) is 3.76. The largest absolute Gasteiger partial charge is 0.294 e. The summed E-state index contributed by atoms with van der Waals surface area (Å²) in [6.45, 7) is 7.78. The fourth-order valence-corrected chi connectivity index (χ4v) is 1.44. The van der Waals surface area contributed by atoms with E-state index < -0.39 is 0 Å². The topological polar surface area (TPSA) is 12.4 Å². The minimum absolute atomic E-state index is 0.669. The lowest BCUT2D eigenvalue weighted by Crippen LogP contribution is -2.12. The van der Waals surface area contributed by atoms with Crippen molar-refractivity contribution in [1.29, 1.82) is 0 Å². The highest BCUT2D eigenvalue weighted by Gasteiger charge is 2.17. The summed E-state index contributed by atoms with van der Waals surface area (Å²) in [5.74, 6) is 1.42. The second-order valence-electron chi connectivity index (χ2n) is 3.15. The molecule has 0 radical (unpaired) electrons. The van der Waals surface area contributed by atoms with E-state index >= 15 is 0 Å². The molecule has 1 unspecified atom stereocenters. The van der Waals surface area contributed by atoms with Crippen LogP contribution in [-0.4, -0.2) is 12.3 Å². The predicted octanol–water partition coefficient (Wildman–Crippen LogP) is 2.12. The second kappa shape index (κ2) is 2.51. The quantitative estimate of drug-likeness (QED) is 0.509. The fourth-order valence-electron chi connectivity index (χ4n) is 1.44. The summed E-state index contributed by atoms with van der Waals surface area (Å²) in [6, 6.07) is 0. The Morgan fingerprint density at radius 2 is 2.22 bits per heavy atom. The van der Waals surface area contributed by atoms with Crippen molar-refractivity contribution in [2.45, 2.75) is 27.2 Å². The number of nitrogens with zero attached hydrogens (tertiary/aromatic N) is 1. The second-order valence-corrected chi connectivity index (χ2v) is 3.15. The van der Waals surface area contributed by atoms with Gasteiger partial charge in [0.05, 0.1) is 0 Å². The Labute approximate surface area is 57.2 Å². The van der Waals surface area contributed by atoms with E-state index in [-0.39, 0.29) is 0 Å². The van der Waals surface area contributed by atoms with Crippen LogP contribution in [-0.2, 0) is 0 Å². The van der Waals surface area contributed by atoms with Crippen molar-refractivity contribution in [3.63, 3.8) is 0 Å². The van der Waals surface area contributed by atoms with Crippen molar-refractivity contribution in [2.24, 2.45) is 16.8 Å². The Morgan fingerprint density at radius 1 is 1.56 bits per heavy atom. The molecular weight excluding hydrogens is 110 g/mol. The first kappa shape index (κ1) is 6.79. The van der Waals surface area contributed by atoms with Gasteiger partial charge in [0.2, 0.25) is 0 Å². The summed E-state index contributed by atoms with van der Waals surface area (Å²) < 4.78 is 0. The molecule has 1 heteroatoms. The first-order valence-corrected chi connectivity index (χ1v) is 3.76. The highest BCUT2D eigenvalue weighted by Crippen LogP contribution is 2.18. The normalized spacial score (nSPS) is 27.1. The van der Waals surface area contributed by atoms with E-state index in [2.05, 4.69) is 25.8 Å². The molecule has 1 aliphatic rings. The van der Waals surface area contributed by atoms with Crippen LogP contribution >= 0.6 is 0 Å². The van der Waals surface area contributed by atoms with E-state index in [0.29, 0.717) is 5.92 Å². The summed E-state index contributed by atoms with van der Waals surface area (Å²) >= 11 is 0. The third-order valence-electron chi connectivity index (χ3n) is 1.95. The summed E-state index contributed by atoms with van der Waals surface area (Å²) in [5.41, 5.74) is 1.43. The van der Waals surface area contributed by atoms with E-state index in [4.69, 9.17) is 0 Å². The minimum atomic E-state index is 0.669. The zero-order chi connectivity index (χ0) is 6.85. The van der Waals surface area contributed by atoms with Gasteiger partial charge in [-0.2, -0.15) is 0 Å². The van der Waals surface area contributed by atoms with Crippen LogP contribution in [0.1, 0.15) is 27.2 Å². The van der Waals surface area contributed by atoms with Gasteiger partial charge in [0.1, 0.15) is 0 Å². The maximum atomic E-state index is 4.43. The van der Waals surface area contributed by atoms with Crippen LogP contribution in [0.25, 0.3) is 0 Å². The Bertz CT molecular complexity index is 125. The van der Waals surface area contributed by atoms with E-state index in [0.717, 1.165) is 12.5 Å². The van der Waals surface area contributed by atoms with E-state index in [1.54, 1.807) is 0 Å². The molecule has 0 aromatic heterocycles. The minimum Gasteiger partial charge on any atom is -0.294 e. The van der Waals surface area contributed by atoms with E-state index in [1.165, 1.54) is 12.1 Å². The predicted molar refractivity (Wildman–Crippen MR) is 40.9 cm³/mol. The van der Waals surface area contributed by atoms with Gasteiger partial charge < -0.3 is 0 Å². The van der Waals surface area contributed by atoms with Crippen molar-refractivity contribution in [2.75, 3.05) is 6.54 Å². The molecule has 9 heavy (non-hydrogen) atoms. The van der Waals surface area contributed by atoms with Gasteiger partial charge in [0.15, 0.2) is 0 Å². The van der Waals surface area contributed by atoms with Gasteiger partial charge in [-0.3, -0.25) is 4.99 Å². The highest BCUT2D eigenvalue weighted by molar-refractivity contribution is 5.89. The van der Waals surface area contributed by atoms with Gasteiger partial charge in [-0.1, -0.05) is 20.8 Å². The molecule has 0 aromatic carbocycles. The third kappa shape index (κ3) is 1.32. The monoisotopic (exact) mass is 125 g/mol. The molecular formula is C8H15N. The molecule has 0 saturated heterocycles. The molecule has 0 fully saturated rings. The summed E-state index contributed by atoms with van der Waals surface area (Å²) in [7, 11) is 0. The molecule has 1 nitrogen and oxygen atoms in total. The van der Waals surface area contributed by atoms with Crippen molar-refractivity contribution in [1.82, 2.24) is 0 Å². The van der Waals surface area contributed by atoms with Crippen LogP contribution in [0.3, 0.4) is 0 Å². The molecule has 0 aliphatic carbocycles. The molecule has 0 amide bonds. The van der Waals surface area contributed by atoms with Crippen LogP contribution in [0.4, 0.5) is 0 Å². The van der Waals surface area contributed by atoms with E-state index in [1.807, 2.05) is 0 Å². The maximum absolute atomic E-state index is 4.43. The molecule has 1 atom stereocenters. The van der Waals surface area contributed by atoms with Crippen LogP contribution in [0, 0.1) is 11.8 Å². The lowest BCUT2D eigenvalue weighted by Gasteiger charge is -2.08. The number of hydrogen-bond donors (Lipinski definition) is 0. The van der Waals surface area contributed by atoms with Crippen LogP contribution in [0.2, 0.25) is 0 Å². The zero-order valence-electron chi connectivity index (χ0n) is 6.52. The molecule has 1 heterocycles. The van der Waals surface area contributed by atoms with Crippen LogP contribution in [0.5, 0.6) is 0 Å². The van der Waals surface area contributed by atoms with E-state index in [9.17, 15) is 0 Å². The lowest BCUT2D eigenvalue weighted by atomic mass is 9.96. The molecule has 0 N–H and O–H groups in total. The summed E-state index contributed by atoms with van der Waals surface area (Å²) in [6.07, 6.45) is 1.27. The van der Waals surface area contributed by atoms with Crippen molar-refractivity contribution in [3.8, 4) is 0 Å².